The molecule has 0 unspecified atom stereocenters. The molecule has 1 aromatic heterocycles. The molecule has 0 amide bonds. The van der Waals surface area contributed by atoms with Crippen molar-refractivity contribution in [2.75, 3.05) is 0 Å². The first-order chi connectivity index (χ1) is 5.92. The van der Waals surface area contributed by atoms with E-state index < -0.39 is 0 Å². The van der Waals surface area contributed by atoms with Crippen molar-refractivity contribution in [3.63, 3.8) is 0 Å². The molecule has 57 valence electrons. The van der Waals surface area contributed by atoms with Gasteiger partial charge < -0.3 is 4.42 Å². The molecule has 0 saturated heterocycles. The minimum Gasteiger partial charge on any atom is -0.460 e. The van der Waals surface area contributed by atoms with E-state index >= 15 is 0 Å². The van der Waals surface area contributed by atoms with Gasteiger partial charge in [0, 0.05) is 16.3 Å². The summed E-state index contributed by atoms with van der Waals surface area (Å²) >= 11 is 0. The zero-order chi connectivity index (χ0) is 8.39. The zero-order valence-corrected chi connectivity index (χ0v) is 6.10. The van der Waals surface area contributed by atoms with Gasteiger partial charge >= 0.3 is 0 Å². The maximum Gasteiger partial charge on any atom is 0.178 e. The van der Waals surface area contributed by atoms with Crippen molar-refractivity contribution in [1.29, 1.82) is 0 Å². The lowest BCUT2D eigenvalue weighted by Gasteiger charge is -1.89. The summed E-state index contributed by atoms with van der Waals surface area (Å²) in [6, 6.07) is 5.38. The molecule has 1 radical (unpaired) electrons. The van der Waals surface area contributed by atoms with E-state index in [0.29, 0.717) is 5.56 Å². The van der Waals surface area contributed by atoms with Crippen LogP contribution >= 0.6 is 0 Å². The second-order valence-corrected chi connectivity index (χ2v) is 2.33. The number of hydrogen-bond donors (Lipinski definition) is 0. The van der Waals surface area contributed by atoms with Crippen molar-refractivity contribution in [3.8, 4) is 12.1 Å². The molecule has 0 saturated carbocycles. The van der Waals surface area contributed by atoms with E-state index in [9.17, 15) is 4.39 Å². The maximum atomic E-state index is 11.7. The molecule has 2 aromatic rings. The molecular weight excluding hydrogens is 155 g/mol. The predicted octanol–water partition coefficient (Wildman–Crippen LogP) is 2.51. The van der Waals surface area contributed by atoms with Crippen LogP contribution in [0.1, 0.15) is 5.56 Å². The molecule has 12 heavy (non-hydrogen) atoms. The molecule has 0 aliphatic rings. The van der Waals surface area contributed by atoms with Gasteiger partial charge in [-0.25, -0.2) is 0 Å². The summed E-state index contributed by atoms with van der Waals surface area (Å²) in [5.74, 6) is 2.33. The van der Waals surface area contributed by atoms with Crippen molar-refractivity contribution in [1.82, 2.24) is 0 Å². The Morgan fingerprint density at radius 3 is 3.17 bits per heavy atom. The van der Waals surface area contributed by atoms with Crippen LogP contribution in [-0.4, -0.2) is 0 Å². The molecule has 1 aromatic carbocycles. The normalized spacial score (nSPS) is 9.42. The van der Waals surface area contributed by atoms with Gasteiger partial charge in [0.15, 0.2) is 6.26 Å². The number of hydrogen-bond acceptors (Lipinski definition) is 1. The van der Waals surface area contributed by atoms with E-state index in [0.717, 1.165) is 10.8 Å². The van der Waals surface area contributed by atoms with E-state index in [-0.39, 0.29) is 0 Å². The first-order valence-corrected chi connectivity index (χ1v) is 3.41. The van der Waals surface area contributed by atoms with Crippen molar-refractivity contribution < 1.29 is 8.81 Å². The predicted molar refractivity (Wildman–Crippen MR) is 43.0 cm³/mol. The Labute approximate surface area is 68.8 Å². The Morgan fingerprint density at radius 2 is 2.33 bits per heavy atom. The lowest BCUT2D eigenvalue weighted by molar-refractivity contribution is 0.563. The Morgan fingerprint density at radius 1 is 1.42 bits per heavy atom. The molecule has 2 rings (SSSR count). The van der Waals surface area contributed by atoms with Gasteiger partial charge in [0.05, 0.1) is 6.26 Å². The van der Waals surface area contributed by atoms with Gasteiger partial charge in [-0.2, -0.15) is 0 Å². The smallest absolute Gasteiger partial charge is 0.178 e. The highest BCUT2D eigenvalue weighted by Gasteiger charge is 1.99. The fourth-order valence-corrected chi connectivity index (χ4v) is 1.09. The Kier molecular flexibility index (Phi) is 1.56. The van der Waals surface area contributed by atoms with E-state index in [1.807, 2.05) is 6.07 Å². The summed E-state index contributed by atoms with van der Waals surface area (Å²) in [6.45, 7) is 0. The van der Waals surface area contributed by atoms with Crippen LogP contribution in [0.5, 0.6) is 0 Å². The van der Waals surface area contributed by atoms with Crippen LogP contribution in [0.15, 0.2) is 28.9 Å². The molecule has 1 nitrogen and oxygen atoms in total. The lowest BCUT2D eigenvalue weighted by Crippen LogP contribution is -1.73. The van der Waals surface area contributed by atoms with E-state index in [2.05, 4.69) is 12.2 Å². The quantitative estimate of drug-likeness (QED) is 0.538. The first kappa shape index (κ1) is 6.93. The van der Waals surface area contributed by atoms with Gasteiger partial charge in [-0.15, -0.1) is 4.39 Å². The van der Waals surface area contributed by atoms with Crippen molar-refractivity contribution in [2.45, 2.75) is 0 Å². The molecule has 0 aliphatic heterocycles. The van der Waals surface area contributed by atoms with Gasteiger partial charge in [0.2, 0.25) is 0 Å². The van der Waals surface area contributed by atoms with Crippen molar-refractivity contribution >= 4 is 10.8 Å². The molecule has 2 heteroatoms. The van der Waals surface area contributed by atoms with Crippen LogP contribution in [-0.2, 0) is 0 Å². The maximum absolute atomic E-state index is 11.7. The summed E-state index contributed by atoms with van der Waals surface area (Å²) < 4.78 is 16.5. The number of furan rings is 1. The fraction of sp³-hybridized carbons (Fsp3) is 0. The molecule has 0 atom stereocenters. The average molecular weight is 159 g/mol. The topological polar surface area (TPSA) is 13.1 Å². The zero-order valence-electron chi connectivity index (χ0n) is 6.10. The highest BCUT2D eigenvalue weighted by molar-refractivity contribution is 5.86. The van der Waals surface area contributed by atoms with Gasteiger partial charge in [-0.3, -0.25) is 0 Å². The number of benzene rings is 1. The molecule has 0 bridgehead atoms. The SMILES string of the molecule is FC#Cc1cccc2co[c]c12. The summed E-state index contributed by atoms with van der Waals surface area (Å²) in [7, 11) is 0. The summed E-state index contributed by atoms with van der Waals surface area (Å²) in [5.41, 5.74) is 0.601. The highest BCUT2D eigenvalue weighted by atomic mass is 19.1. The third kappa shape index (κ3) is 0.960. The van der Waals surface area contributed by atoms with Gasteiger partial charge in [0.1, 0.15) is 6.17 Å². The largest absolute Gasteiger partial charge is 0.460 e. The number of rotatable bonds is 0. The number of fused-ring (bicyclic) bond motifs is 1. The summed E-state index contributed by atoms with van der Waals surface area (Å²) in [6.07, 6.45) is 5.54. The molecule has 0 aliphatic carbocycles. The van der Waals surface area contributed by atoms with Crippen LogP contribution < -0.4 is 0 Å². The summed E-state index contributed by atoms with van der Waals surface area (Å²) in [5, 5.41) is 1.61. The average Bonchev–Trinajstić information content (AvgIpc) is 2.53. The Hall–Kier alpha value is -1.75. The van der Waals surface area contributed by atoms with Crippen LogP contribution in [0.3, 0.4) is 0 Å². The monoisotopic (exact) mass is 159 g/mol. The minimum absolute atomic E-state index is 0.601. The van der Waals surface area contributed by atoms with Gasteiger partial charge in [-0.1, -0.05) is 12.1 Å². The van der Waals surface area contributed by atoms with Crippen LogP contribution in [0.4, 0.5) is 4.39 Å². The van der Waals surface area contributed by atoms with Crippen LogP contribution in [0.25, 0.3) is 10.8 Å². The molecule has 0 fully saturated rings. The van der Waals surface area contributed by atoms with Crippen LogP contribution in [0.2, 0.25) is 0 Å². The third-order valence-corrected chi connectivity index (χ3v) is 1.63. The molecular formula is C10H4FO. The number of halogens is 1. The van der Waals surface area contributed by atoms with Gasteiger partial charge in [0.25, 0.3) is 0 Å². The van der Waals surface area contributed by atoms with Crippen molar-refractivity contribution in [2.24, 2.45) is 0 Å². The van der Waals surface area contributed by atoms with Crippen molar-refractivity contribution in [3.05, 3.63) is 36.3 Å². The van der Waals surface area contributed by atoms with E-state index in [4.69, 9.17) is 4.42 Å². The highest BCUT2D eigenvalue weighted by Crippen LogP contribution is 2.17. The lowest BCUT2D eigenvalue weighted by atomic mass is 10.1. The second kappa shape index (κ2) is 2.71. The molecule has 0 N–H and O–H groups in total. The fourth-order valence-electron chi connectivity index (χ4n) is 1.09. The summed E-state index contributed by atoms with van der Waals surface area (Å²) in [4.78, 5) is 0. The van der Waals surface area contributed by atoms with Crippen LogP contribution in [0, 0.1) is 18.4 Å². The standard InChI is InChI=1S/C10H4FO/c11-5-4-8-2-1-3-9-6-12-7-10(8)9/h1-3,6H. The molecule has 0 spiro atoms. The minimum atomic E-state index is 0.601. The molecule has 1 heterocycles. The third-order valence-electron chi connectivity index (χ3n) is 1.63. The first-order valence-electron chi connectivity index (χ1n) is 3.41. The van der Waals surface area contributed by atoms with E-state index in [1.165, 1.54) is 6.17 Å². The second-order valence-electron chi connectivity index (χ2n) is 2.33. The Balaban J connectivity index is 2.79. The Bertz CT molecular complexity index is 459. The van der Waals surface area contributed by atoms with Gasteiger partial charge in [-0.05, 0) is 12.0 Å². The van der Waals surface area contributed by atoms with E-state index in [1.54, 1.807) is 18.4 Å².